The van der Waals surface area contributed by atoms with E-state index in [1.807, 2.05) is 0 Å². The lowest BCUT2D eigenvalue weighted by Crippen LogP contribution is -2.08. The highest BCUT2D eigenvalue weighted by atomic mass is 19.1. The van der Waals surface area contributed by atoms with Crippen LogP contribution in [0.4, 0.5) is 20.2 Å². The fourth-order valence-corrected chi connectivity index (χ4v) is 1.35. The molecule has 0 amide bonds. The third kappa shape index (κ3) is 2.42. The molecule has 0 unspecified atom stereocenters. The molecule has 0 saturated carbocycles. The van der Waals surface area contributed by atoms with Gasteiger partial charge in [0.05, 0.1) is 9.72 Å². The van der Waals surface area contributed by atoms with Crippen LogP contribution in [0.25, 0.3) is 0 Å². The Kier molecular flexibility index (Phi) is 3.18. The van der Waals surface area contributed by atoms with Gasteiger partial charge in [-0.3, -0.25) is 0 Å². The third-order valence-electron chi connectivity index (χ3n) is 2.26. The van der Waals surface area contributed by atoms with E-state index in [0.29, 0.717) is 0 Å². The van der Waals surface area contributed by atoms with Crippen molar-refractivity contribution in [1.29, 1.82) is 0 Å². The van der Waals surface area contributed by atoms with E-state index in [9.17, 15) is 19.2 Å². The maximum atomic E-state index is 12.7. The zero-order valence-corrected chi connectivity index (χ0v) is 9.09. The van der Waals surface area contributed by atoms with Crippen LogP contribution in [0.1, 0.15) is 0 Å². The molecule has 4 nitrogen and oxygen atoms in total. The Morgan fingerprint density at radius 1 is 0.611 bits per heavy atom. The van der Waals surface area contributed by atoms with Crippen molar-refractivity contribution in [2.45, 2.75) is 0 Å². The molecular weight excluding hydrogens is 242 g/mol. The van der Waals surface area contributed by atoms with Crippen LogP contribution in [-0.2, 0) is 0 Å². The van der Waals surface area contributed by atoms with E-state index in [2.05, 4.69) is 0 Å². The van der Waals surface area contributed by atoms with Crippen molar-refractivity contribution < 1.29 is 18.5 Å². The highest BCUT2D eigenvalue weighted by Crippen LogP contribution is 2.17. The minimum Gasteiger partial charge on any atom is -0.561 e. The minimum absolute atomic E-state index is 0.0178. The third-order valence-corrected chi connectivity index (χ3v) is 2.26. The average molecular weight is 250 g/mol. The molecule has 0 aliphatic heterocycles. The van der Waals surface area contributed by atoms with Gasteiger partial charge in [-0.1, -0.05) is 0 Å². The van der Waals surface area contributed by atoms with Crippen molar-refractivity contribution >= 4 is 11.4 Å². The smallest absolute Gasteiger partial charge is 0.288 e. The number of hydrogen-bond donors (Lipinski definition) is 0. The first-order valence-electron chi connectivity index (χ1n) is 5.03. The summed E-state index contributed by atoms with van der Waals surface area (Å²) in [5, 5.41) is 23.3. The van der Waals surface area contributed by atoms with Crippen LogP contribution in [-0.4, -0.2) is 9.72 Å². The molecule has 2 aromatic carbocycles. The lowest BCUT2D eigenvalue weighted by atomic mass is 10.3. The summed E-state index contributed by atoms with van der Waals surface area (Å²) in [7, 11) is 0. The van der Waals surface area contributed by atoms with Gasteiger partial charge < -0.3 is 10.4 Å². The molecule has 0 aliphatic rings. The molecule has 2 rings (SSSR count). The molecular formula is C12H8F2N2O2. The molecule has 0 fully saturated rings. The molecule has 0 radical (unpaired) electrons. The van der Waals surface area contributed by atoms with Crippen molar-refractivity contribution in [3.63, 3.8) is 0 Å². The van der Waals surface area contributed by atoms with Crippen LogP contribution < -0.4 is 0 Å². The van der Waals surface area contributed by atoms with Gasteiger partial charge in [-0.25, -0.2) is 8.78 Å². The first-order chi connectivity index (χ1) is 8.58. The fourth-order valence-electron chi connectivity index (χ4n) is 1.35. The number of hydrogen-bond acceptors (Lipinski definition) is 2. The molecule has 0 N–H and O–H groups in total. The summed E-state index contributed by atoms with van der Waals surface area (Å²) in [6.07, 6.45) is 0. The van der Waals surface area contributed by atoms with Crippen LogP contribution >= 0.6 is 0 Å². The van der Waals surface area contributed by atoms with Crippen molar-refractivity contribution in [2.24, 2.45) is 0 Å². The largest absolute Gasteiger partial charge is 0.561 e. The standard InChI is InChI=1S/C12H8F2N2O2/c13-9-1-5-11(6-2-9)15(17)16(18)12-7-3-10(14)4-8-12/h1-8H/b16-15+. The van der Waals surface area contributed by atoms with Gasteiger partial charge in [0, 0.05) is 24.3 Å². The minimum atomic E-state index is -0.508. The normalized spacial score (nSPS) is 12.1. The highest BCUT2D eigenvalue weighted by Gasteiger charge is 2.15. The lowest BCUT2D eigenvalue weighted by molar-refractivity contribution is -0.896. The second-order valence-electron chi connectivity index (χ2n) is 3.50. The Balaban J connectivity index is 2.40. The molecule has 2 aromatic rings. The summed E-state index contributed by atoms with van der Waals surface area (Å²) in [6.45, 7) is 0. The number of azo groups is 1. The van der Waals surface area contributed by atoms with Gasteiger partial charge in [0.2, 0.25) is 0 Å². The van der Waals surface area contributed by atoms with Crippen molar-refractivity contribution in [2.75, 3.05) is 0 Å². The van der Waals surface area contributed by atoms with Gasteiger partial charge in [0.15, 0.2) is 0 Å². The topological polar surface area (TPSA) is 52.1 Å². The van der Waals surface area contributed by atoms with E-state index in [-0.39, 0.29) is 21.1 Å². The summed E-state index contributed by atoms with van der Waals surface area (Å²) in [4.78, 5) is 0.0966. The van der Waals surface area contributed by atoms with Gasteiger partial charge in [0.1, 0.15) is 11.6 Å². The average Bonchev–Trinajstić information content (AvgIpc) is 2.39. The van der Waals surface area contributed by atoms with Gasteiger partial charge in [0.25, 0.3) is 11.4 Å². The summed E-state index contributed by atoms with van der Waals surface area (Å²) < 4.78 is 25.3. The summed E-state index contributed by atoms with van der Waals surface area (Å²) in [6, 6.07) is 8.98. The highest BCUT2D eigenvalue weighted by molar-refractivity contribution is 5.30. The van der Waals surface area contributed by atoms with E-state index in [1.165, 1.54) is 24.3 Å². The lowest BCUT2D eigenvalue weighted by Gasteiger charge is -2.02. The van der Waals surface area contributed by atoms with Gasteiger partial charge >= 0.3 is 0 Å². The van der Waals surface area contributed by atoms with Crippen LogP contribution in [0.3, 0.4) is 0 Å². The Bertz CT molecular complexity index is 527. The van der Waals surface area contributed by atoms with Crippen LogP contribution in [0, 0.1) is 22.0 Å². The molecule has 0 heterocycles. The number of rotatable bonds is 2. The predicted molar refractivity (Wildman–Crippen MR) is 59.4 cm³/mol. The number of nitrogens with zero attached hydrogens (tertiary/aromatic N) is 2. The molecule has 0 aliphatic carbocycles. The molecule has 18 heavy (non-hydrogen) atoms. The van der Waals surface area contributed by atoms with E-state index in [1.54, 1.807) is 0 Å². The first kappa shape index (κ1) is 12.0. The Morgan fingerprint density at radius 3 is 1.17 bits per heavy atom. The quantitative estimate of drug-likeness (QED) is 0.466. The van der Waals surface area contributed by atoms with Crippen LogP contribution in [0.15, 0.2) is 48.5 Å². The SMILES string of the molecule is [O-]/[N+](c1ccc(F)cc1)=[N+](/[O-])c1ccc(F)cc1. The van der Waals surface area contributed by atoms with Crippen LogP contribution in [0.5, 0.6) is 0 Å². The fraction of sp³-hybridized carbons (Fsp3) is 0. The molecule has 0 atom stereocenters. The van der Waals surface area contributed by atoms with Crippen LogP contribution in [0.2, 0.25) is 0 Å². The predicted octanol–water partition coefficient (Wildman–Crippen LogP) is 3.40. The molecule has 0 bridgehead atoms. The number of halogens is 2. The summed E-state index contributed by atoms with van der Waals surface area (Å²) in [5.74, 6) is -1.02. The maximum Gasteiger partial charge on any atom is 0.288 e. The maximum absolute atomic E-state index is 12.7. The first-order valence-corrected chi connectivity index (χ1v) is 5.03. The van der Waals surface area contributed by atoms with E-state index >= 15 is 0 Å². The van der Waals surface area contributed by atoms with E-state index in [4.69, 9.17) is 0 Å². The summed E-state index contributed by atoms with van der Waals surface area (Å²) >= 11 is 0. The van der Waals surface area contributed by atoms with Crippen molar-refractivity contribution in [3.05, 3.63) is 70.6 Å². The van der Waals surface area contributed by atoms with Crippen molar-refractivity contribution in [3.8, 4) is 0 Å². The zero-order valence-electron chi connectivity index (χ0n) is 9.09. The zero-order chi connectivity index (χ0) is 13.1. The van der Waals surface area contributed by atoms with Gasteiger partial charge in [-0.05, 0) is 24.3 Å². The van der Waals surface area contributed by atoms with E-state index in [0.717, 1.165) is 24.3 Å². The second kappa shape index (κ2) is 4.79. The molecule has 92 valence electrons. The number of benzene rings is 2. The molecule has 0 aromatic heterocycles. The Labute approximate surface area is 101 Å². The molecule has 0 spiro atoms. The van der Waals surface area contributed by atoms with Crippen molar-refractivity contribution in [1.82, 2.24) is 0 Å². The monoisotopic (exact) mass is 250 g/mol. The van der Waals surface area contributed by atoms with Gasteiger partial charge in [-0.15, -0.1) is 0 Å². The Morgan fingerprint density at radius 2 is 0.889 bits per heavy atom. The molecule has 0 saturated heterocycles. The summed E-state index contributed by atoms with van der Waals surface area (Å²) in [5.41, 5.74) is -0.0357. The van der Waals surface area contributed by atoms with E-state index < -0.39 is 11.6 Å². The second-order valence-corrected chi connectivity index (χ2v) is 3.50. The Hall–Kier alpha value is -2.50. The molecule has 6 heteroatoms. The van der Waals surface area contributed by atoms with Gasteiger partial charge in [-0.2, -0.15) is 0 Å².